The van der Waals surface area contributed by atoms with Crippen molar-refractivity contribution in [1.29, 1.82) is 5.26 Å². The van der Waals surface area contributed by atoms with Gasteiger partial charge >= 0.3 is 0 Å². The molecule has 1 atom stereocenters. The normalized spacial score (nSPS) is 11.6. The van der Waals surface area contributed by atoms with E-state index >= 15 is 0 Å². The average Bonchev–Trinajstić information content (AvgIpc) is 2.37. The summed E-state index contributed by atoms with van der Waals surface area (Å²) in [6.07, 6.45) is 0. The fourth-order valence-corrected chi connectivity index (χ4v) is 1.88. The molecule has 0 heterocycles. The average molecular weight is 257 g/mol. The van der Waals surface area contributed by atoms with Gasteiger partial charge < -0.3 is 5.32 Å². The largest absolute Gasteiger partial charge is 0.366 e. The molecular formula is C15H13ClN2. The molecule has 1 N–H and O–H groups in total. The minimum atomic E-state index is -0.371. The zero-order chi connectivity index (χ0) is 13.0. The Hall–Kier alpha value is -1.98. The molecule has 0 radical (unpaired) electrons. The maximum Gasteiger partial charge on any atom is 0.140 e. The summed E-state index contributed by atoms with van der Waals surface area (Å²) in [6, 6.07) is 17.2. The highest BCUT2D eigenvalue weighted by Crippen LogP contribution is 2.21. The molecule has 0 spiro atoms. The van der Waals surface area contributed by atoms with E-state index in [9.17, 15) is 5.26 Å². The number of anilines is 1. The molecule has 0 aliphatic carbocycles. The molecule has 0 fully saturated rings. The van der Waals surface area contributed by atoms with Gasteiger partial charge in [-0.2, -0.15) is 5.26 Å². The van der Waals surface area contributed by atoms with Crippen LogP contribution in [0.1, 0.15) is 17.2 Å². The van der Waals surface area contributed by atoms with Crippen LogP contribution in [-0.4, -0.2) is 0 Å². The molecule has 0 aliphatic rings. The van der Waals surface area contributed by atoms with Crippen LogP contribution in [-0.2, 0) is 0 Å². The summed E-state index contributed by atoms with van der Waals surface area (Å²) >= 11 is 5.92. The van der Waals surface area contributed by atoms with E-state index in [1.807, 2.05) is 43.3 Å². The summed E-state index contributed by atoms with van der Waals surface area (Å²) in [6.45, 7) is 2.02. The van der Waals surface area contributed by atoms with Crippen LogP contribution in [0.5, 0.6) is 0 Å². The smallest absolute Gasteiger partial charge is 0.140 e. The number of nitrogens with zero attached hydrogens (tertiary/aromatic N) is 1. The molecule has 90 valence electrons. The molecule has 0 saturated carbocycles. The molecule has 0 amide bonds. The number of nitrogens with one attached hydrogen (secondary N) is 1. The van der Waals surface area contributed by atoms with E-state index in [1.165, 1.54) is 5.56 Å². The zero-order valence-corrected chi connectivity index (χ0v) is 10.8. The summed E-state index contributed by atoms with van der Waals surface area (Å²) in [7, 11) is 0. The van der Waals surface area contributed by atoms with Crippen LogP contribution < -0.4 is 5.32 Å². The second kappa shape index (κ2) is 5.57. The van der Waals surface area contributed by atoms with Gasteiger partial charge in [0.05, 0.1) is 6.07 Å². The number of halogens is 1. The first-order valence-corrected chi connectivity index (χ1v) is 6.05. The van der Waals surface area contributed by atoms with Crippen molar-refractivity contribution in [2.45, 2.75) is 13.0 Å². The monoisotopic (exact) mass is 256 g/mol. The van der Waals surface area contributed by atoms with Crippen LogP contribution in [0.4, 0.5) is 5.69 Å². The second-order valence-corrected chi connectivity index (χ2v) is 4.56. The SMILES string of the molecule is Cc1ccc(C(C#N)Nc2cccc(Cl)c2)cc1. The van der Waals surface area contributed by atoms with Gasteiger partial charge in [-0.25, -0.2) is 0 Å². The van der Waals surface area contributed by atoms with Gasteiger partial charge in [0.2, 0.25) is 0 Å². The number of nitriles is 1. The van der Waals surface area contributed by atoms with E-state index in [2.05, 4.69) is 11.4 Å². The van der Waals surface area contributed by atoms with Gasteiger partial charge in [0.15, 0.2) is 0 Å². The highest BCUT2D eigenvalue weighted by Gasteiger charge is 2.09. The van der Waals surface area contributed by atoms with Crippen LogP contribution in [0.3, 0.4) is 0 Å². The molecule has 2 rings (SSSR count). The van der Waals surface area contributed by atoms with Crippen molar-refractivity contribution in [3.05, 3.63) is 64.7 Å². The Bertz CT molecular complexity index is 570. The van der Waals surface area contributed by atoms with Crippen molar-refractivity contribution in [3.63, 3.8) is 0 Å². The Morgan fingerprint density at radius 3 is 2.50 bits per heavy atom. The van der Waals surface area contributed by atoms with Crippen molar-refractivity contribution in [2.75, 3.05) is 5.32 Å². The second-order valence-electron chi connectivity index (χ2n) is 4.13. The quantitative estimate of drug-likeness (QED) is 0.887. The Morgan fingerprint density at radius 2 is 1.89 bits per heavy atom. The molecule has 18 heavy (non-hydrogen) atoms. The summed E-state index contributed by atoms with van der Waals surface area (Å²) < 4.78 is 0. The van der Waals surface area contributed by atoms with E-state index < -0.39 is 0 Å². The van der Waals surface area contributed by atoms with Crippen LogP contribution in [0.2, 0.25) is 5.02 Å². The number of benzene rings is 2. The summed E-state index contributed by atoms with van der Waals surface area (Å²) in [5.74, 6) is 0. The molecule has 2 aromatic rings. The van der Waals surface area contributed by atoms with Gasteiger partial charge in [-0.15, -0.1) is 0 Å². The molecule has 0 aliphatic heterocycles. The molecule has 2 aromatic carbocycles. The van der Waals surface area contributed by atoms with E-state index in [1.54, 1.807) is 12.1 Å². The van der Waals surface area contributed by atoms with Crippen molar-refractivity contribution in [3.8, 4) is 6.07 Å². The standard InChI is InChI=1S/C15H13ClN2/c1-11-5-7-12(8-6-11)15(10-17)18-14-4-2-3-13(16)9-14/h2-9,15,18H,1H3. The van der Waals surface area contributed by atoms with E-state index in [0.717, 1.165) is 11.3 Å². The van der Waals surface area contributed by atoms with Gasteiger partial charge in [0.25, 0.3) is 0 Å². The molecule has 3 heteroatoms. The molecule has 0 bridgehead atoms. The highest BCUT2D eigenvalue weighted by atomic mass is 35.5. The van der Waals surface area contributed by atoms with Crippen LogP contribution in [0.25, 0.3) is 0 Å². The lowest BCUT2D eigenvalue weighted by Crippen LogP contribution is -2.08. The Balaban J connectivity index is 2.20. The Kier molecular flexibility index (Phi) is 3.86. The third kappa shape index (κ3) is 3.03. The predicted octanol–water partition coefficient (Wildman–Crippen LogP) is 4.33. The van der Waals surface area contributed by atoms with Crippen molar-refractivity contribution < 1.29 is 0 Å². The van der Waals surface area contributed by atoms with E-state index in [4.69, 9.17) is 11.6 Å². The molecule has 2 nitrogen and oxygen atoms in total. The fourth-order valence-electron chi connectivity index (χ4n) is 1.69. The minimum absolute atomic E-state index is 0.371. The highest BCUT2D eigenvalue weighted by molar-refractivity contribution is 6.30. The number of aryl methyl sites for hydroxylation is 1. The maximum atomic E-state index is 9.23. The van der Waals surface area contributed by atoms with Crippen LogP contribution >= 0.6 is 11.6 Å². The third-order valence-corrected chi connectivity index (χ3v) is 2.91. The fraction of sp³-hybridized carbons (Fsp3) is 0.133. The van der Waals surface area contributed by atoms with Gasteiger partial charge in [-0.05, 0) is 30.7 Å². The number of hydrogen-bond donors (Lipinski definition) is 1. The van der Waals surface area contributed by atoms with Gasteiger partial charge in [0.1, 0.15) is 6.04 Å². The predicted molar refractivity (Wildman–Crippen MR) is 74.6 cm³/mol. The summed E-state index contributed by atoms with van der Waals surface area (Å²) in [5.41, 5.74) is 2.97. The lowest BCUT2D eigenvalue weighted by Gasteiger charge is -2.13. The summed E-state index contributed by atoms with van der Waals surface area (Å²) in [4.78, 5) is 0. The van der Waals surface area contributed by atoms with E-state index in [0.29, 0.717) is 5.02 Å². The Labute approximate surface area is 112 Å². The van der Waals surface area contributed by atoms with E-state index in [-0.39, 0.29) is 6.04 Å². The minimum Gasteiger partial charge on any atom is -0.366 e. The molecule has 0 saturated heterocycles. The third-order valence-electron chi connectivity index (χ3n) is 2.68. The number of rotatable bonds is 3. The zero-order valence-electron chi connectivity index (χ0n) is 10.0. The first-order valence-electron chi connectivity index (χ1n) is 5.67. The molecule has 0 aromatic heterocycles. The van der Waals surface area contributed by atoms with Gasteiger partial charge in [-0.1, -0.05) is 47.5 Å². The topological polar surface area (TPSA) is 35.8 Å². The Morgan fingerprint density at radius 1 is 1.17 bits per heavy atom. The van der Waals surface area contributed by atoms with Crippen molar-refractivity contribution in [1.82, 2.24) is 0 Å². The van der Waals surface area contributed by atoms with Gasteiger partial charge in [0, 0.05) is 10.7 Å². The first-order chi connectivity index (χ1) is 8.69. The summed E-state index contributed by atoms with van der Waals surface area (Å²) in [5, 5.41) is 13.0. The van der Waals surface area contributed by atoms with Crippen LogP contribution in [0.15, 0.2) is 48.5 Å². The number of hydrogen-bond acceptors (Lipinski definition) is 2. The lowest BCUT2D eigenvalue weighted by molar-refractivity contribution is 0.996. The van der Waals surface area contributed by atoms with Crippen LogP contribution in [0, 0.1) is 18.3 Å². The molecular weight excluding hydrogens is 244 g/mol. The van der Waals surface area contributed by atoms with Crippen molar-refractivity contribution >= 4 is 17.3 Å². The lowest BCUT2D eigenvalue weighted by atomic mass is 10.1. The van der Waals surface area contributed by atoms with Gasteiger partial charge in [-0.3, -0.25) is 0 Å². The first kappa shape index (κ1) is 12.5. The maximum absolute atomic E-state index is 9.23. The molecule has 1 unspecified atom stereocenters. The van der Waals surface area contributed by atoms with Crippen molar-refractivity contribution in [2.24, 2.45) is 0 Å².